The monoisotopic (exact) mass is 210 g/mol. The van der Waals surface area contributed by atoms with Crippen molar-refractivity contribution in [1.82, 2.24) is 9.88 Å². The van der Waals surface area contributed by atoms with Crippen LogP contribution in [-0.4, -0.2) is 29.4 Å². The van der Waals surface area contributed by atoms with E-state index in [2.05, 4.69) is 11.9 Å². The third kappa shape index (κ3) is 2.81. The van der Waals surface area contributed by atoms with Gasteiger partial charge in [0.05, 0.1) is 0 Å². The minimum Gasteiger partial charge on any atom is -0.445 e. The summed E-state index contributed by atoms with van der Waals surface area (Å²) in [6.45, 7) is 6.38. The number of amides is 1. The fraction of sp³-hybridized carbons (Fsp3) is 0.636. The van der Waals surface area contributed by atoms with E-state index in [0.29, 0.717) is 17.3 Å². The van der Waals surface area contributed by atoms with Gasteiger partial charge in [0.25, 0.3) is 5.91 Å². The summed E-state index contributed by atoms with van der Waals surface area (Å²) in [7, 11) is 1.79. The predicted molar refractivity (Wildman–Crippen MR) is 57.8 cm³/mol. The Hall–Kier alpha value is -1.32. The van der Waals surface area contributed by atoms with Crippen LogP contribution in [0.2, 0.25) is 0 Å². The van der Waals surface area contributed by atoms with Crippen molar-refractivity contribution in [2.75, 3.05) is 13.6 Å². The summed E-state index contributed by atoms with van der Waals surface area (Å²) in [6.07, 6.45) is 2.09. The van der Waals surface area contributed by atoms with Crippen molar-refractivity contribution >= 4 is 5.91 Å². The van der Waals surface area contributed by atoms with Crippen LogP contribution in [0, 0.1) is 13.8 Å². The minimum atomic E-state index is -0.0576. The van der Waals surface area contributed by atoms with Crippen LogP contribution in [0.25, 0.3) is 0 Å². The first-order chi connectivity index (χ1) is 7.06. The van der Waals surface area contributed by atoms with Crippen LogP contribution in [0.3, 0.4) is 0 Å². The topological polar surface area (TPSA) is 46.3 Å². The van der Waals surface area contributed by atoms with Gasteiger partial charge in [0.1, 0.15) is 5.76 Å². The van der Waals surface area contributed by atoms with Gasteiger partial charge in [-0.15, -0.1) is 0 Å². The molecule has 1 rings (SSSR count). The van der Waals surface area contributed by atoms with Crippen LogP contribution in [0.1, 0.15) is 41.9 Å². The lowest BCUT2D eigenvalue weighted by Gasteiger charge is -2.15. The first kappa shape index (κ1) is 11.8. The molecule has 0 aliphatic heterocycles. The molecule has 0 bridgehead atoms. The summed E-state index contributed by atoms with van der Waals surface area (Å²) >= 11 is 0. The van der Waals surface area contributed by atoms with Gasteiger partial charge in [-0.25, -0.2) is 4.98 Å². The number of aryl methyl sites for hydroxylation is 2. The average Bonchev–Trinajstić information content (AvgIpc) is 2.53. The van der Waals surface area contributed by atoms with Gasteiger partial charge in [0, 0.05) is 20.5 Å². The van der Waals surface area contributed by atoms with Crippen LogP contribution >= 0.6 is 0 Å². The maximum Gasteiger partial charge on any atom is 0.275 e. The van der Waals surface area contributed by atoms with Crippen molar-refractivity contribution in [3.8, 4) is 0 Å². The zero-order valence-electron chi connectivity index (χ0n) is 9.83. The van der Waals surface area contributed by atoms with Crippen molar-refractivity contribution in [2.45, 2.75) is 33.6 Å². The maximum absolute atomic E-state index is 11.9. The zero-order valence-corrected chi connectivity index (χ0v) is 9.83. The molecule has 0 spiro atoms. The van der Waals surface area contributed by atoms with E-state index < -0.39 is 0 Å². The summed E-state index contributed by atoms with van der Waals surface area (Å²) in [5, 5.41) is 0. The SMILES string of the molecule is CCCCN(C)C(=O)c1nc(C)oc1C. The van der Waals surface area contributed by atoms with E-state index in [1.165, 1.54) is 0 Å². The summed E-state index contributed by atoms with van der Waals surface area (Å²) in [5.74, 6) is 1.08. The van der Waals surface area contributed by atoms with Crippen LogP contribution in [0.15, 0.2) is 4.42 Å². The maximum atomic E-state index is 11.9. The second-order valence-corrected chi connectivity index (χ2v) is 3.72. The van der Waals surface area contributed by atoms with Gasteiger partial charge >= 0.3 is 0 Å². The van der Waals surface area contributed by atoms with Gasteiger partial charge < -0.3 is 9.32 Å². The average molecular weight is 210 g/mol. The Balaban J connectivity index is 2.71. The lowest BCUT2D eigenvalue weighted by Crippen LogP contribution is -2.28. The van der Waals surface area contributed by atoms with Gasteiger partial charge in [0.2, 0.25) is 0 Å². The third-order valence-electron chi connectivity index (χ3n) is 2.30. The summed E-state index contributed by atoms with van der Waals surface area (Å²) in [6, 6.07) is 0. The fourth-order valence-corrected chi connectivity index (χ4v) is 1.40. The molecule has 0 radical (unpaired) electrons. The molecule has 84 valence electrons. The number of carbonyl (C=O) groups excluding carboxylic acids is 1. The summed E-state index contributed by atoms with van der Waals surface area (Å²) in [5.41, 5.74) is 0.436. The number of carbonyl (C=O) groups is 1. The molecule has 0 atom stereocenters. The van der Waals surface area contributed by atoms with Gasteiger partial charge in [-0.1, -0.05) is 13.3 Å². The fourth-order valence-electron chi connectivity index (χ4n) is 1.40. The molecule has 0 fully saturated rings. The highest BCUT2D eigenvalue weighted by molar-refractivity contribution is 5.93. The van der Waals surface area contributed by atoms with Gasteiger partial charge in [0.15, 0.2) is 11.6 Å². The molecule has 0 N–H and O–H groups in total. The number of hydrogen-bond donors (Lipinski definition) is 0. The van der Waals surface area contributed by atoms with Crippen molar-refractivity contribution in [3.63, 3.8) is 0 Å². The van der Waals surface area contributed by atoms with Crippen molar-refractivity contribution in [2.24, 2.45) is 0 Å². The van der Waals surface area contributed by atoms with Gasteiger partial charge in [-0.2, -0.15) is 0 Å². The van der Waals surface area contributed by atoms with Gasteiger partial charge in [-0.05, 0) is 13.3 Å². The number of nitrogens with zero attached hydrogens (tertiary/aromatic N) is 2. The van der Waals surface area contributed by atoms with E-state index in [1.807, 2.05) is 0 Å². The molecule has 15 heavy (non-hydrogen) atoms. The predicted octanol–water partition coefficient (Wildman–Crippen LogP) is 2.16. The second-order valence-electron chi connectivity index (χ2n) is 3.72. The highest BCUT2D eigenvalue weighted by atomic mass is 16.4. The van der Waals surface area contributed by atoms with Crippen LogP contribution in [0.4, 0.5) is 0 Å². The molecular formula is C11H18N2O2. The summed E-state index contributed by atoms with van der Waals surface area (Å²) in [4.78, 5) is 17.7. The van der Waals surface area contributed by atoms with Crippen molar-refractivity contribution < 1.29 is 9.21 Å². The summed E-state index contributed by atoms with van der Waals surface area (Å²) < 4.78 is 5.23. The number of hydrogen-bond acceptors (Lipinski definition) is 3. The highest BCUT2D eigenvalue weighted by Gasteiger charge is 2.18. The van der Waals surface area contributed by atoms with Crippen molar-refractivity contribution in [3.05, 3.63) is 17.3 Å². The number of unbranched alkanes of at least 4 members (excludes halogenated alkanes) is 1. The Kier molecular flexibility index (Phi) is 3.88. The molecule has 0 aliphatic rings. The minimum absolute atomic E-state index is 0.0576. The normalized spacial score (nSPS) is 10.4. The van der Waals surface area contributed by atoms with Crippen molar-refractivity contribution in [1.29, 1.82) is 0 Å². The molecule has 1 aromatic heterocycles. The molecule has 0 saturated carbocycles. The lowest BCUT2D eigenvalue weighted by molar-refractivity contribution is 0.0786. The molecular weight excluding hydrogens is 192 g/mol. The van der Waals surface area contributed by atoms with E-state index in [0.717, 1.165) is 19.4 Å². The number of oxazole rings is 1. The number of rotatable bonds is 4. The smallest absolute Gasteiger partial charge is 0.275 e. The standard InChI is InChI=1S/C11H18N2O2/c1-5-6-7-13(4)11(14)10-8(2)15-9(3)12-10/h5-7H2,1-4H3. The van der Waals surface area contributed by atoms with E-state index in [1.54, 1.807) is 25.8 Å². The Morgan fingerprint density at radius 2 is 2.13 bits per heavy atom. The van der Waals surface area contributed by atoms with E-state index in [4.69, 9.17) is 4.42 Å². The van der Waals surface area contributed by atoms with E-state index in [9.17, 15) is 4.79 Å². The number of aromatic nitrogens is 1. The van der Waals surface area contributed by atoms with Crippen LogP contribution in [-0.2, 0) is 0 Å². The Morgan fingerprint density at radius 3 is 2.60 bits per heavy atom. The first-order valence-electron chi connectivity index (χ1n) is 5.25. The Labute approximate surface area is 90.3 Å². The Bertz CT molecular complexity index is 344. The molecule has 0 aromatic carbocycles. The molecule has 4 nitrogen and oxygen atoms in total. The van der Waals surface area contributed by atoms with E-state index >= 15 is 0 Å². The van der Waals surface area contributed by atoms with Gasteiger partial charge in [-0.3, -0.25) is 4.79 Å². The molecule has 1 amide bonds. The first-order valence-corrected chi connectivity index (χ1v) is 5.25. The molecule has 0 aliphatic carbocycles. The highest BCUT2D eigenvalue weighted by Crippen LogP contribution is 2.11. The molecule has 0 unspecified atom stereocenters. The second kappa shape index (κ2) is 4.96. The molecule has 1 heterocycles. The Morgan fingerprint density at radius 1 is 1.47 bits per heavy atom. The largest absolute Gasteiger partial charge is 0.445 e. The van der Waals surface area contributed by atoms with Crippen LogP contribution < -0.4 is 0 Å². The van der Waals surface area contributed by atoms with E-state index in [-0.39, 0.29) is 5.91 Å². The quantitative estimate of drug-likeness (QED) is 0.765. The lowest BCUT2D eigenvalue weighted by atomic mass is 10.3. The molecule has 4 heteroatoms. The molecule has 1 aromatic rings. The van der Waals surface area contributed by atoms with Crippen LogP contribution in [0.5, 0.6) is 0 Å². The zero-order chi connectivity index (χ0) is 11.4. The third-order valence-corrected chi connectivity index (χ3v) is 2.30. The molecule has 0 saturated heterocycles.